The van der Waals surface area contributed by atoms with Gasteiger partial charge in [-0.3, -0.25) is 15.0 Å². The standard InChI is InChI=1S/C12H8ClFN2O2S2/c13-6-10(17)15-16-11(18)9(20-12(16)19)5-7-2-1-3-8(14)4-7/h1-5H,6H2,(H,15,17)/b9-5+. The predicted octanol–water partition coefficient (Wildman–Crippen LogP) is 2.30. The van der Waals surface area contributed by atoms with Crippen LogP contribution in [0.3, 0.4) is 0 Å². The third-order valence-corrected chi connectivity index (χ3v) is 3.84. The van der Waals surface area contributed by atoms with Crippen molar-refractivity contribution >= 4 is 57.8 Å². The van der Waals surface area contributed by atoms with Crippen molar-refractivity contribution in [3.63, 3.8) is 0 Å². The van der Waals surface area contributed by atoms with E-state index < -0.39 is 17.6 Å². The minimum atomic E-state index is -0.532. The number of carbonyl (C=O) groups is 2. The number of alkyl halides is 1. The maximum absolute atomic E-state index is 13.1. The number of hydrogen-bond donors (Lipinski definition) is 1. The molecule has 1 N–H and O–H groups in total. The molecule has 1 saturated heterocycles. The molecule has 2 rings (SSSR count). The monoisotopic (exact) mass is 330 g/mol. The molecule has 2 amide bonds. The van der Waals surface area contributed by atoms with Gasteiger partial charge >= 0.3 is 0 Å². The molecule has 1 aromatic carbocycles. The van der Waals surface area contributed by atoms with E-state index in [1.165, 1.54) is 24.3 Å². The first-order chi connectivity index (χ1) is 9.51. The molecule has 4 nitrogen and oxygen atoms in total. The second-order valence-electron chi connectivity index (χ2n) is 3.74. The third kappa shape index (κ3) is 3.36. The second-order valence-corrected chi connectivity index (χ2v) is 5.68. The Kier molecular flexibility index (Phi) is 4.74. The molecule has 1 heterocycles. The number of halogens is 2. The molecule has 1 aliphatic heterocycles. The van der Waals surface area contributed by atoms with E-state index in [-0.39, 0.29) is 10.2 Å². The van der Waals surface area contributed by atoms with Gasteiger partial charge in [-0.05, 0) is 36.0 Å². The number of hydrazine groups is 1. The van der Waals surface area contributed by atoms with Gasteiger partial charge in [-0.2, -0.15) is 5.01 Å². The molecule has 0 bridgehead atoms. The highest BCUT2D eigenvalue weighted by molar-refractivity contribution is 8.26. The highest BCUT2D eigenvalue weighted by Gasteiger charge is 2.33. The van der Waals surface area contributed by atoms with Gasteiger partial charge in [0.2, 0.25) is 0 Å². The van der Waals surface area contributed by atoms with Gasteiger partial charge < -0.3 is 0 Å². The first kappa shape index (κ1) is 15.0. The largest absolute Gasteiger partial charge is 0.285 e. The van der Waals surface area contributed by atoms with E-state index >= 15 is 0 Å². The van der Waals surface area contributed by atoms with Gasteiger partial charge in [0.25, 0.3) is 11.8 Å². The molecule has 0 unspecified atom stereocenters. The van der Waals surface area contributed by atoms with Crippen LogP contribution in [0, 0.1) is 5.82 Å². The van der Waals surface area contributed by atoms with Gasteiger partial charge in [0.1, 0.15) is 11.7 Å². The number of nitrogens with zero attached hydrogens (tertiary/aromatic N) is 1. The average Bonchev–Trinajstić information content (AvgIpc) is 2.66. The number of nitrogens with one attached hydrogen (secondary N) is 1. The molecule has 0 aromatic heterocycles. The maximum atomic E-state index is 13.1. The second kappa shape index (κ2) is 6.34. The van der Waals surface area contributed by atoms with E-state index in [0.717, 1.165) is 16.8 Å². The summed E-state index contributed by atoms with van der Waals surface area (Å²) in [5.74, 6) is -1.68. The van der Waals surface area contributed by atoms with E-state index in [0.29, 0.717) is 10.5 Å². The van der Waals surface area contributed by atoms with Crippen LogP contribution >= 0.6 is 35.6 Å². The van der Waals surface area contributed by atoms with Crippen molar-refractivity contribution in [2.45, 2.75) is 0 Å². The Balaban J connectivity index is 2.21. The Morgan fingerprint density at radius 2 is 2.30 bits per heavy atom. The molecule has 0 saturated carbocycles. The fourth-order valence-corrected chi connectivity index (χ4v) is 2.71. The number of rotatable bonds is 3. The van der Waals surface area contributed by atoms with Crippen LogP contribution in [0.5, 0.6) is 0 Å². The van der Waals surface area contributed by atoms with Crippen LogP contribution in [-0.2, 0) is 9.59 Å². The van der Waals surface area contributed by atoms with Gasteiger partial charge in [-0.15, -0.1) is 11.6 Å². The topological polar surface area (TPSA) is 49.4 Å². The zero-order chi connectivity index (χ0) is 14.7. The first-order valence-corrected chi connectivity index (χ1v) is 7.16. The molecule has 0 radical (unpaired) electrons. The summed E-state index contributed by atoms with van der Waals surface area (Å²) in [4.78, 5) is 23.5. The highest BCUT2D eigenvalue weighted by Crippen LogP contribution is 2.31. The van der Waals surface area contributed by atoms with Crippen LogP contribution in [0.1, 0.15) is 5.56 Å². The van der Waals surface area contributed by atoms with Gasteiger partial charge in [0.15, 0.2) is 4.32 Å². The summed E-state index contributed by atoms with van der Waals surface area (Å²) in [7, 11) is 0. The lowest BCUT2D eigenvalue weighted by Crippen LogP contribution is -2.45. The zero-order valence-electron chi connectivity index (χ0n) is 9.93. The summed E-state index contributed by atoms with van der Waals surface area (Å²) in [6, 6.07) is 5.80. The Morgan fingerprint density at radius 1 is 1.55 bits per heavy atom. The number of benzene rings is 1. The minimum absolute atomic E-state index is 0.191. The summed E-state index contributed by atoms with van der Waals surface area (Å²) < 4.78 is 13.3. The maximum Gasteiger partial charge on any atom is 0.285 e. The molecule has 0 spiro atoms. The van der Waals surface area contributed by atoms with Crippen LogP contribution in [0.4, 0.5) is 4.39 Å². The summed E-state index contributed by atoms with van der Waals surface area (Å²) in [5.41, 5.74) is 2.83. The SMILES string of the molecule is O=C(CCl)NN1C(=O)/C(=C\c2cccc(F)c2)SC1=S. The van der Waals surface area contributed by atoms with Crippen molar-refractivity contribution in [2.24, 2.45) is 0 Å². The number of hydrogen-bond acceptors (Lipinski definition) is 4. The van der Waals surface area contributed by atoms with Gasteiger partial charge in [0, 0.05) is 0 Å². The van der Waals surface area contributed by atoms with Crippen LogP contribution in [0.25, 0.3) is 6.08 Å². The fraction of sp³-hybridized carbons (Fsp3) is 0.0833. The number of carbonyl (C=O) groups excluding carboxylic acids is 2. The highest BCUT2D eigenvalue weighted by atomic mass is 35.5. The van der Waals surface area contributed by atoms with Crippen molar-refractivity contribution < 1.29 is 14.0 Å². The quantitative estimate of drug-likeness (QED) is 0.525. The summed E-state index contributed by atoms with van der Waals surface area (Å²) >= 11 is 11.4. The lowest BCUT2D eigenvalue weighted by atomic mass is 10.2. The molecule has 20 heavy (non-hydrogen) atoms. The van der Waals surface area contributed by atoms with Gasteiger partial charge in [-0.25, -0.2) is 4.39 Å². The minimum Gasteiger partial charge on any atom is -0.272 e. The number of thiocarbonyl (C=S) groups is 1. The predicted molar refractivity (Wildman–Crippen MR) is 80.3 cm³/mol. The van der Waals surface area contributed by atoms with Crippen molar-refractivity contribution in [1.82, 2.24) is 10.4 Å². The Labute approximate surface area is 128 Å². The van der Waals surface area contributed by atoms with Crippen molar-refractivity contribution in [3.05, 3.63) is 40.6 Å². The Hall–Kier alpha value is -1.44. The van der Waals surface area contributed by atoms with E-state index in [9.17, 15) is 14.0 Å². The normalized spacial score (nSPS) is 16.9. The van der Waals surface area contributed by atoms with E-state index in [1.807, 2.05) is 0 Å². The average molecular weight is 331 g/mol. The molecule has 1 fully saturated rings. The molecule has 1 aliphatic rings. The Morgan fingerprint density at radius 3 is 2.95 bits per heavy atom. The summed E-state index contributed by atoms with van der Waals surface area (Å²) in [6.07, 6.45) is 1.51. The summed E-state index contributed by atoms with van der Waals surface area (Å²) in [6.45, 7) is 0. The third-order valence-electron chi connectivity index (χ3n) is 2.30. The molecular weight excluding hydrogens is 323 g/mol. The van der Waals surface area contributed by atoms with Crippen molar-refractivity contribution in [2.75, 3.05) is 5.88 Å². The fourth-order valence-electron chi connectivity index (χ4n) is 1.47. The first-order valence-electron chi connectivity index (χ1n) is 5.40. The molecule has 8 heteroatoms. The summed E-state index contributed by atoms with van der Waals surface area (Å²) in [5, 5.41) is 0.954. The van der Waals surface area contributed by atoms with Crippen molar-refractivity contribution in [3.8, 4) is 0 Å². The Bertz CT molecular complexity index is 621. The van der Waals surface area contributed by atoms with Gasteiger partial charge in [0.05, 0.1) is 4.91 Å². The van der Waals surface area contributed by atoms with Gasteiger partial charge in [-0.1, -0.05) is 23.9 Å². The molecule has 104 valence electrons. The van der Waals surface area contributed by atoms with E-state index in [4.69, 9.17) is 23.8 Å². The van der Waals surface area contributed by atoms with E-state index in [2.05, 4.69) is 5.43 Å². The van der Waals surface area contributed by atoms with Crippen LogP contribution < -0.4 is 5.43 Å². The van der Waals surface area contributed by atoms with Crippen molar-refractivity contribution in [1.29, 1.82) is 0 Å². The number of amides is 2. The molecule has 1 aromatic rings. The van der Waals surface area contributed by atoms with Crippen LogP contribution in [0.15, 0.2) is 29.2 Å². The zero-order valence-corrected chi connectivity index (χ0v) is 12.3. The van der Waals surface area contributed by atoms with Crippen LogP contribution in [-0.4, -0.2) is 27.0 Å². The molecule has 0 aliphatic carbocycles. The molecule has 0 atom stereocenters. The van der Waals surface area contributed by atoms with E-state index in [1.54, 1.807) is 6.07 Å². The smallest absolute Gasteiger partial charge is 0.272 e. The lowest BCUT2D eigenvalue weighted by Gasteiger charge is -2.14. The van der Waals surface area contributed by atoms with Crippen LogP contribution in [0.2, 0.25) is 0 Å². The molecular formula is C12H8ClFN2O2S2. The number of thioether (sulfide) groups is 1. The lowest BCUT2D eigenvalue weighted by molar-refractivity contribution is -0.131.